The minimum Gasteiger partial charge on any atom is -0.356 e. The number of rotatable bonds is 15. The Morgan fingerprint density at radius 2 is 1.58 bits per heavy atom. The number of hydrogen-bond donors (Lipinski definition) is 6. The fourth-order valence-electron chi connectivity index (χ4n) is 4.76. The number of amides is 3. The highest BCUT2D eigenvalue weighted by molar-refractivity contribution is 6.06. The molecule has 0 aliphatic carbocycles. The van der Waals surface area contributed by atoms with Gasteiger partial charge in [0.05, 0.1) is 23.6 Å². The van der Waals surface area contributed by atoms with Crippen molar-refractivity contribution in [3.63, 3.8) is 0 Å². The lowest BCUT2D eigenvalue weighted by molar-refractivity contribution is -0.137. The SMILES string of the molecule is C=CC(=O)N[C@@H](CCCCN)C(=O)Nc1cccc(Nc2ncc(NC(=O)c3cc(NC(=C)c4cccc(C(F)(F)F)c4)ccc3C)cn2)c1. The fourth-order valence-corrected chi connectivity index (χ4v) is 4.76. The van der Waals surface area contributed by atoms with Gasteiger partial charge in [0.15, 0.2) is 0 Å². The summed E-state index contributed by atoms with van der Waals surface area (Å²) < 4.78 is 39.5. The van der Waals surface area contributed by atoms with Gasteiger partial charge in [-0.15, -0.1) is 0 Å². The summed E-state index contributed by atoms with van der Waals surface area (Å²) in [6.45, 7) is 9.52. The Morgan fingerprint density at radius 3 is 2.28 bits per heavy atom. The molecule has 0 saturated carbocycles. The van der Waals surface area contributed by atoms with Crippen molar-refractivity contribution in [3.05, 3.63) is 121 Å². The number of alkyl halides is 3. The van der Waals surface area contributed by atoms with Crippen LogP contribution in [0.15, 0.2) is 98.4 Å². The van der Waals surface area contributed by atoms with E-state index in [1.54, 1.807) is 49.4 Å². The van der Waals surface area contributed by atoms with Crippen LogP contribution in [0, 0.1) is 6.92 Å². The first kappa shape index (κ1) is 36.8. The molecule has 7 N–H and O–H groups in total. The van der Waals surface area contributed by atoms with E-state index in [4.69, 9.17) is 5.73 Å². The molecule has 50 heavy (non-hydrogen) atoms. The molecule has 1 heterocycles. The topological polar surface area (TPSA) is 163 Å². The molecule has 0 bridgehead atoms. The molecule has 1 atom stereocenters. The van der Waals surface area contributed by atoms with E-state index in [9.17, 15) is 27.6 Å². The van der Waals surface area contributed by atoms with Gasteiger partial charge >= 0.3 is 6.18 Å². The fraction of sp³-hybridized carbons (Fsp3) is 0.194. The maximum Gasteiger partial charge on any atom is 0.416 e. The number of carbonyl (C=O) groups is 3. The molecule has 4 aromatic rings. The summed E-state index contributed by atoms with van der Waals surface area (Å²) in [5.74, 6) is -1.07. The largest absolute Gasteiger partial charge is 0.416 e. The summed E-state index contributed by atoms with van der Waals surface area (Å²) in [6, 6.07) is 15.8. The first-order chi connectivity index (χ1) is 23.9. The number of nitrogens with two attached hydrogens (primary N) is 1. The van der Waals surface area contributed by atoms with E-state index >= 15 is 0 Å². The second-order valence-electron chi connectivity index (χ2n) is 11.2. The van der Waals surface area contributed by atoms with E-state index in [1.807, 2.05) is 0 Å². The lowest BCUT2D eigenvalue weighted by Crippen LogP contribution is -2.43. The Balaban J connectivity index is 1.37. The van der Waals surface area contributed by atoms with Crippen LogP contribution in [0.1, 0.15) is 46.3 Å². The van der Waals surface area contributed by atoms with E-state index in [1.165, 1.54) is 24.5 Å². The highest BCUT2D eigenvalue weighted by Gasteiger charge is 2.30. The molecular weight excluding hydrogens is 649 g/mol. The Bertz CT molecular complexity index is 1860. The molecule has 3 aromatic carbocycles. The molecule has 260 valence electrons. The van der Waals surface area contributed by atoms with Crippen molar-refractivity contribution in [1.29, 1.82) is 0 Å². The molecule has 0 aliphatic heterocycles. The van der Waals surface area contributed by atoms with Gasteiger partial charge in [0.2, 0.25) is 17.8 Å². The Morgan fingerprint density at radius 1 is 0.880 bits per heavy atom. The van der Waals surface area contributed by atoms with Crippen LogP contribution in [0.5, 0.6) is 0 Å². The third-order valence-corrected chi connectivity index (χ3v) is 7.38. The Kier molecular flexibility index (Phi) is 12.4. The van der Waals surface area contributed by atoms with Crippen LogP contribution in [-0.2, 0) is 15.8 Å². The molecule has 0 radical (unpaired) electrons. The van der Waals surface area contributed by atoms with E-state index in [2.05, 4.69) is 49.7 Å². The van der Waals surface area contributed by atoms with Gasteiger partial charge in [0.25, 0.3) is 5.91 Å². The molecule has 0 aliphatic rings. The van der Waals surface area contributed by atoms with Crippen molar-refractivity contribution in [2.45, 2.75) is 38.4 Å². The second-order valence-corrected chi connectivity index (χ2v) is 11.2. The third kappa shape index (κ3) is 10.5. The van der Waals surface area contributed by atoms with Gasteiger partial charge in [-0.3, -0.25) is 14.4 Å². The molecule has 0 unspecified atom stereocenters. The van der Waals surface area contributed by atoms with Crippen LogP contribution in [-0.4, -0.2) is 40.3 Å². The average Bonchev–Trinajstić information content (AvgIpc) is 3.09. The number of benzene rings is 3. The average molecular weight is 687 g/mol. The van der Waals surface area contributed by atoms with Crippen LogP contribution < -0.4 is 32.3 Å². The number of nitrogens with one attached hydrogen (secondary N) is 5. The van der Waals surface area contributed by atoms with Gasteiger partial charge < -0.3 is 32.3 Å². The van der Waals surface area contributed by atoms with E-state index in [0.717, 1.165) is 18.2 Å². The van der Waals surface area contributed by atoms with Crippen molar-refractivity contribution >= 4 is 52.1 Å². The number of anilines is 5. The van der Waals surface area contributed by atoms with Gasteiger partial charge in [-0.2, -0.15) is 13.2 Å². The molecule has 3 amide bonds. The van der Waals surface area contributed by atoms with Gasteiger partial charge in [-0.05, 0) is 92.4 Å². The van der Waals surface area contributed by atoms with Crippen molar-refractivity contribution in [1.82, 2.24) is 15.3 Å². The van der Waals surface area contributed by atoms with Crippen molar-refractivity contribution in [2.24, 2.45) is 5.73 Å². The summed E-state index contributed by atoms with van der Waals surface area (Å²) in [5.41, 5.74) is 8.05. The number of aromatic nitrogens is 2. The summed E-state index contributed by atoms with van der Waals surface area (Å²) in [7, 11) is 0. The molecule has 0 spiro atoms. The minimum atomic E-state index is -4.49. The highest BCUT2D eigenvalue weighted by Crippen LogP contribution is 2.31. The molecule has 0 fully saturated rings. The first-order valence-electron chi connectivity index (χ1n) is 15.5. The number of carbonyl (C=O) groups excluding carboxylic acids is 3. The van der Waals surface area contributed by atoms with E-state index < -0.39 is 29.6 Å². The van der Waals surface area contributed by atoms with Crippen LogP contribution in [0.25, 0.3) is 5.70 Å². The summed E-state index contributed by atoms with van der Waals surface area (Å²) in [6.07, 6.45) is 1.24. The second kappa shape index (κ2) is 16.9. The molecule has 0 saturated heterocycles. The molecule has 4 rings (SSSR count). The number of unbranched alkanes of at least 4 members (excludes halogenated alkanes) is 1. The van der Waals surface area contributed by atoms with Crippen molar-refractivity contribution < 1.29 is 27.6 Å². The summed E-state index contributed by atoms with van der Waals surface area (Å²) in [4.78, 5) is 46.5. The highest BCUT2D eigenvalue weighted by atomic mass is 19.4. The van der Waals surface area contributed by atoms with Crippen LogP contribution in [0.4, 0.5) is 41.9 Å². The van der Waals surface area contributed by atoms with Gasteiger partial charge in [-0.25, -0.2) is 9.97 Å². The zero-order chi connectivity index (χ0) is 36.3. The van der Waals surface area contributed by atoms with Crippen molar-refractivity contribution in [3.8, 4) is 0 Å². The third-order valence-electron chi connectivity index (χ3n) is 7.38. The smallest absolute Gasteiger partial charge is 0.356 e. The first-order valence-corrected chi connectivity index (χ1v) is 15.5. The number of halogens is 3. The number of aryl methyl sites for hydroxylation is 1. The quantitative estimate of drug-likeness (QED) is 0.0600. The van der Waals surface area contributed by atoms with E-state index in [-0.39, 0.29) is 23.1 Å². The summed E-state index contributed by atoms with van der Waals surface area (Å²) in [5, 5.41) is 14.2. The lowest BCUT2D eigenvalue weighted by Gasteiger charge is -2.18. The van der Waals surface area contributed by atoms with E-state index in [0.29, 0.717) is 59.7 Å². The molecular formula is C36H37F3N8O3. The Hall–Kier alpha value is -6.02. The predicted octanol–water partition coefficient (Wildman–Crippen LogP) is 6.62. The van der Waals surface area contributed by atoms with Crippen LogP contribution >= 0.6 is 0 Å². The minimum absolute atomic E-state index is 0.222. The van der Waals surface area contributed by atoms with Crippen LogP contribution in [0.3, 0.4) is 0 Å². The normalized spacial score (nSPS) is 11.5. The molecule has 11 nitrogen and oxygen atoms in total. The molecule has 1 aromatic heterocycles. The number of nitrogens with zero attached hydrogens (tertiary/aromatic N) is 2. The van der Waals surface area contributed by atoms with Gasteiger partial charge in [0, 0.05) is 28.3 Å². The molecule has 14 heteroatoms. The van der Waals surface area contributed by atoms with Gasteiger partial charge in [0.1, 0.15) is 6.04 Å². The standard InChI is InChI=1S/C36H37F3N8O3/c1-4-32(48)47-31(13-5-6-16-40)34(50)44-26-11-8-12-27(18-26)46-35-41-20-29(21-42-35)45-33(49)30-19-28(15-14-22(30)2)43-23(3)24-9-7-10-25(17-24)36(37,38)39/h4,7-12,14-15,17-21,31,43H,1,3,5-6,13,16,40H2,2H3,(H,44,50)(H,45,49)(H,47,48)(H,41,42,46)/t31-/m0/s1. The zero-order valence-corrected chi connectivity index (χ0v) is 27.2. The maximum absolute atomic E-state index is 13.2. The lowest BCUT2D eigenvalue weighted by atomic mass is 10.1. The number of hydrogen-bond acceptors (Lipinski definition) is 8. The zero-order valence-electron chi connectivity index (χ0n) is 27.2. The van der Waals surface area contributed by atoms with Gasteiger partial charge in [-0.1, -0.05) is 37.4 Å². The maximum atomic E-state index is 13.2. The van der Waals surface area contributed by atoms with Crippen LogP contribution in [0.2, 0.25) is 0 Å². The van der Waals surface area contributed by atoms with Crippen molar-refractivity contribution in [2.75, 3.05) is 27.8 Å². The Labute approximate surface area is 287 Å². The predicted molar refractivity (Wildman–Crippen MR) is 189 cm³/mol. The monoisotopic (exact) mass is 686 g/mol. The summed E-state index contributed by atoms with van der Waals surface area (Å²) >= 11 is 0.